The molecule has 0 radical (unpaired) electrons. The number of rotatable bonds is 10. The summed E-state index contributed by atoms with van der Waals surface area (Å²) < 4.78 is 5.46. The van der Waals surface area contributed by atoms with Gasteiger partial charge in [0.25, 0.3) is 0 Å². The normalized spacial score (nSPS) is 10.7. The molecule has 22 heavy (non-hydrogen) atoms. The Balaban J connectivity index is 2.35. The molecule has 0 atom stereocenters. The molecule has 0 aliphatic rings. The van der Waals surface area contributed by atoms with Crippen molar-refractivity contribution in [3.05, 3.63) is 18.2 Å². The van der Waals surface area contributed by atoms with Gasteiger partial charge in [0.05, 0.1) is 12.5 Å². The molecule has 5 nitrogen and oxygen atoms in total. The molecule has 5 heteroatoms. The van der Waals surface area contributed by atoms with Crippen molar-refractivity contribution in [1.82, 2.24) is 0 Å². The van der Waals surface area contributed by atoms with Gasteiger partial charge in [0.15, 0.2) is 11.5 Å². The summed E-state index contributed by atoms with van der Waals surface area (Å²) >= 11 is 0. The number of unbranched alkanes of at least 4 members (excludes halogenated alkanes) is 1. The van der Waals surface area contributed by atoms with E-state index in [2.05, 4.69) is 0 Å². The van der Waals surface area contributed by atoms with Crippen LogP contribution in [0.2, 0.25) is 0 Å². The van der Waals surface area contributed by atoms with Crippen molar-refractivity contribution in [3.63, 3.8) is 0 Å². The maximum absolute atomic E-state index is 11.8. The highest BCUT2D eigenvalue weighted by Crippen LogP contribution is 2.28. The average molecular weight is 308 g/mol. The topological polar surface area (TPSA) is 83.8 Å². The van der Waals surface area contributed by atoms with Gasteiger partial charge < -0.3 is 14.9 Å². The second kappa shape index (κ2) is 9.07. The van der Waals surface area contributed by atoms with Crippen LogP contribution >= 0.6 is 0 Å². The molecule has 0 aliphatic carbocycles. The van der Waals surface area contributed by atoms with Gasteiger partial charge in [0, 0.05) is 18.9 Å². The van der Waals surface area contributed by atoms with Crippen LogP contribution in [0, 0.1) is 5.92 Å². The molecular formula is C17H24O5. The minimum absolute atomic E-state index is 0.0104. The molecule has 0 bridgehead atoms. The molecule has 2 N–H and O–H groups in total. The third-order valence-corrected chi connectivity index (χ3v) is 3.58. The number of hydrogen-bond donors (Lipinski definition) is 2. The van der Waals surface area contributed by atoms with Crippen molar-refractivity contribution in [3.8, 4) is 17.2 Å². The van der Waals surface area contributed by atoms with Crippen molar-refractivity contribution >= 4 is 11.6 Å². The average Bonchev–Trinajstić information content (AvgIpc) is 2.52. The summed E-state index contributed by atoms with van der Waals surface area (Å²) in [5, 5.41) is 18.5. The van der Waals surface area contributed by atoms with Crippen LogP contribution in [0.25, 0.3) is 0 Å². The van der Waals surface area contributed by atoms with Crippen LogP contribution in [0.15, 0.2) is 18.2 Å². The lowest BCUT2D eigenvalue weighted by molar-refractivity contribution is -0.132. The fraction of sp³-hybridized carbons (Fsp3) is 0.529. The third-order valence-electron chi connectivity index (χ3n) is 3.58. The van der Waals surface area contributed by atoms with E-state index in [4.69, 9.17) is 4.74 Å². The SMILES string of the molecule is CCC(=O)C(CCCCOc1ccc(O)c(O)c1)C(=O)CC. The molecule has 1 aromatic carbocycles. The molecule has 1 rings (SSSR count). The van der Waals surface area contributed by atoms with Crippen molar-refractivity contribution in [2.24, 2.45) is 5.92 Å². The first-order valence-electron chi connectivity index (χ1n) is 7.69. The Labute approximate surface area is 130 Å². The van der Waals surface area contributed by atoms with Gasteiger partial charge in [-0.15, -0.1) is 0 Å². The van der Waals surface area contributed by atoms with Crippen molar-refractivity contribution in [2.45, 2.75) is 46.0 Å². The first kappa shape index (κ1) is 18.0. The van der Waals surface area contributed by atoms with Crippen LogP contribution in [-0.4, -0.2) is 28.4 Å². The van der Waals surface area contributed by atoms with Gasteiger partial charge >= 0.3 is 0 Å². The van der Waals surface area contributed by atoms with Crippen LogP contribution < -0.4 is 4.74 Å². The number of ether oxygens (including phenoxy) is 1. The van der Waals surface area contributed by atoms with Crippen LogP contribution in [-0.2, 0) is 9.59 Å². The summed E-state index contributed by atoms with van der Waals surface area (Å²) in [6.07, 6.45) is 2.78. The summed E-state index contributed by atoms with van der Waals surface area (Å²) in [6.45, 7) is 3.98. The lowest BCUT2D eigenvalue weighted by Crippen LogP contribution is -2.23. The maximum atomic E-state index is 11.8. The Morgan fingerprint density at radius 1 is 1.05 bits per heavy atom. The third kappa shape index (κ3) is 5.39. The van der Waals surface area contributed by atoms with Crippen LogP contribution in [0.3, 0.4) is 0 Å². The molecule has 0 saturated heterocycles. The monoisotopic (exact) mass is 308 g/mol. The smallest absolute Gasteiger partial charge is 0.161 e. The molecule has 0 amide bonds. The van der Waals surface area contributed by atoms with Crippen LogP contribution in [0.1, 0.15) is 46.0 Å². The van der Waals surface area contributed by atoms with E-state index in [0.29, 0.717) is 38.0 Å². The van der Waals surface area contributed by atoms with E-state index < -0.39 is 5.92 Å². The Morgan fingerprint density at radius 3 is 2.23 bits per heavy atom. The van der Waals surface area contributed by atoms with Crippen molar-refractivity contribution < 1.29 is 24.5 Å². The van der Waals surface area contributed by atoms with Gasteiger partial charge in [-0.3, -0.25) is 9.59 Å². The molecule has 0 fully saturated rings. The van der Waals surface area contributed by atoms with E-state index in [0.717, 1.165) is 6.42 Å². The minimum Gasteiger partial charge on any atom is -0.504 e. The summed E-state index contributed by atoms with van der Waals surface area (Å²) in [4.78, 5) is 23.5. The fourth-order valence-electron chi connectivity index (χ4n) is 2.23. The highest BCUT2D eigenvalue weighted by Gasteiger charge is 2.22. The number of carbonyl (C=O) groups is 2. The van der Waals surface area contributed by atoms with E-state index in [1.807, 2.05) is 0 Å². The predicted molar refractivity (Wildman–Crippen MR) is 83.2 cm³/mol. The first-order valence-corrected chi connectivity index (χ1v) is 7.69. The molecule has 1 aromatic rings. The van der Waals surface area contributed by atoms with Gasteiger partial charge in [0.2, 0.25) is 0 Å². The Kier molecular flexibility index (Phi) is 7.43. The Morgan fingerprint density at radius 2 is 1.68 bits per heavy atom. The van der Waals surface area contributed by atoms with Gasteiger partial charge in [-0.05, 0) is 31.4 Å². The zero-order chi connectivity index (χ0) is 16.5. The van der Waals surface area contributed by atoms with E-state index in [-0.39, 0.29) is 23.1 Å². The number of benzene rings is 1. The predicted octanol–water partition coefficient (Wildman–Crippen LogP) is 3.22. The molecule has 0 aliphatic heterocycles. The molecular weight excluding hydrogens is 284 g/mol. The second-order valence-corrected chi connectivity index (χ2v) is 5.19. The number of phenolic OH excluding ortho intramolecular Hbond substituents is 2. The molecule has 0 spiro atoms. The lowest BCUT2D eigenvalue weighted by atomic mass is 9.90. The zero-order valence-electron chi connectivity index (χ0n) is 13.2. The second-order valence-electron chi connectivity index (χ2n) is 5.19. The van der Waals surface area contributed by atoms with Gasteiger partial charge in [-0.2, -0.15) is 0 Å². The van der Waals surface area contributed by atoms with E-state index in [1.54, 1.807) is 19.9 Å². The van der Waals surface area contributed by atoms with E-state index >= 15 is 0 Å². The number of ketones is 2. The zero-order valence-corrected chi connectivity index (χ0v) is 13.2. The van der Waals surface area contributed by atoms with Gasteiger partial charge in [-0.25, -0.2) is 0 Å². The largest absolute Gasteiger partial charge is 0.504 e. The first-order chi connectivity index (χ1) is 10.5. The maximum Gasteiger partial charge on any atom is 0.161 e. The summed E-state index contributed by atoms with van der Waals surface area (Å²) in [7, 11) is 0. The van der Waals surface area contributed by atoms with E-state index in [1.165, 1.54) is 12.1 Å². The Hall–Kier alpha value is -2.04. The molecule has 0 heterocycles. The number of aromatic hydroxyl groups is 2. The standard InChI is InChI=1S/C17H24O5/c1-3-14(18)13(15(19)4-2)7-5-6-10-22-12-8-9-16(20)17(21)11-12/h8-9,11,13,20-21H,3-7,10H2,1-2H3. The van der Waals surface area contributed by atoms with Gasteiger partial charge in [0.1, 0.15) is 17.3 Å². The molecule has 0 aromatic heterocycles. The van der Waals surface area contributed by atoms with Gasteiger partial charge in [-0.1, -0.05) is 13.8 Å². The number of hydrogen-bond acceptors (Lipinski definition) is 5. The molecule has 0 saturated carbocycles. The Bertz CT molecular complexity index is 494. The van der Waals surface area contributed by atoms with Crippen LogP contribution in [0.4, 0.5) is 0 Å². The highest BCUT2D eigenvalue weighted by molar-refractivity contribution is 6.02. The minimum atomic E-state index is -0.479. The summed E-state index contributed by atoms with van der Waals surface area (Å²) in [5.74, 6) is -0.396. The lowest BCUT2D eigenvalue weighted by Gasteiger charge is -2.13. The highest BCUT2D eigenvalue weighted by atomic mass is 16.5. The number of carbonyl (C=O) groups excluding carboxylic acids is 2. The number of Topliss-reactive ketones (excluding diaryl/α,β-unsaturated/α-hetero) is 2. The molecule has 0 unspecified atom stereocenters. The summed E-state index contributed by atoms with van der Waals surface area (Å²) in [6, 6.07) is 4.28. The number of phenols is 2. The summed E-state index contributed by atoms with van der Waals surface area (Å²) in [5.41, 5.74) is 0. The quantitative estimate of drug-likeness (QED) is 0.394. The molecule has 122 valence electrons. The van der Waals surface area contributed by atoms with E-state index in [9.17, 15) is 19.8 Å². The van der Waals surface area contributed by atoms with Crippen LogP contribution in [0.5, 0.6) is 17.2 Å². The fourth-order valence-corrected chi connectivity index (χ4v) is 2.23. The van der Waals surface area contributed by atoms with Crippen molar-refractivity contribution in [1.29, 1.82) is 0 Å². The van der Waals surface area contributed by atoms with Crippen molar-refractivity contribution in [2.75, 3.05) is 6.61 Å².